The Labute approximate surface area is 141 Å². The molecule has 0 atom stereocenters. The molecule has 2 aromatic carbocycles. The molecule has 7 heteroatoms. The lowest BCUT2D eigenvalue weighted by Gasteiger charge is -2.10. The normalized spacial score (nSPS) is 10.5. The number of hydrogen-bond acceptors (Lipinski definition) is 3. The predicted octanol–water partition coefficient (Wildman–Crippen LogP) is 2.28. The van der Waals surface area contributed by atoms with Crippen molar-refractivity contribution in [3.05, 3.63) is 75.8 Å². The third kappa shape index (κ3) is 3.25. The van der Waals surface area contributed by atoms with E-state index < -0.39 is 17.3 Å². The second-order valence-corrected chi connectivity index (χ2v) is 5.32. The number of hydrogen-bond donors (Lipinski definition) is 3. The van der Waals surface area contributed by atoms with Crippen molar-refractivity contribution in [3.63, 3.8) is 0 Å². The topological polar surface area (TPSA) is 91.1 Å². The van der Waals surface area contributed by atoms with Gasteiger partial charge in [-0.05, 0) is 41.8 Å². The van der Waals surface area contributed by atoms with Crippen molar-refractivity contribution in [1.29, 1.82) is 0 Å². The van der Waals surface area contributed by atoms with E-state index >= 15 is 0 Å². The minimum atomic E-state index is -0.663. The minimum Gasteiger partial charge on any atom is -0.355 e. The van der Waals surface area contributed by atoms with Crippen LogP contribution in [0, 0.1) is 5.82 Å². The van der Waals surface area contributed by atoms with Crippen molar-refractivity contribution in [1.82, 2.24) is 10.3 Å². The number of benzene rings is 2. The second kappa shape index (κ2) is 6.56. The largest absolute Gasteiger partial charge is 0.355 e. The Kier molecular flexibility index (Phi) is 4.30. The quantitative estimate of drug-likeness (QED) is 0.684. The van der Waals surface area contributed by atoms with Gasteiger partial charge in [0.1, 0.15) is 11.4 Å². The van der Waals surface area contributed by atoms with Crippen LogP contribution in [0.1, 0.15) is 20.7 Å². The number of amides is 2. The highest BCUT2D eigenvalue weighted by atomic mass is 19.1. The Morgan fingerprint density at radius 2 is 1.76 bits per heavy atom. The molecule has 2 amide bonds. The number of anilines is 1. The van der Waals surface area contributed by atoms with Gasteiger partial charge in [0.25, 0.3) is 17.4 Å². The lowest BCUT2D eigenvalue weighted by atomic mass is 10.1. The molecular formula is C18H14FN3O3. The van der Waals surface area contributed by atoms with E-state index in [1.807, 2.05) is 0 Å². The fourth-order valence-electron chi connectivity index (χ4n) is 2.46. The summed E-state index contributed by atoms with van der Waals surface area (Å²) in [5.41, 5.74) is 0.0780. The van der Waals surface area contributed by atoms with Crippen LogP contribution in [0.5, 0.6) is 0 Å². The molecule has 0 bridgehead atoms. The molecule has 126 valence electrons. The molecule has 0 fully saturated rings. The molecule has 0 aliphatic heterocycles. The Morgan fingerprint density at radius 3 is 2.52 bits per heavy atom. The first-order valence-electron chi connectivity index (χ1n) is 7.44. The highest BCUT2D eigenvalue weighted by molar-refractivity contribution is 6.09. The zero-order chi connectivity index (χ0) is 18.0. The van der Waals surface area contributed by atoms with Crippen LogP contribution >= 0.6 is 0 Å². The van der Waals surface area contributed by atoms with Crippen LogP contribution in [-0.2, 0) is 0 Å². The van der Waals surface area contributed by atoms with Gasteiger partial charge < -0.3 is 15.6 Å². The number of fused-ring (bicyclic) bond motifs is 1. The van der Waals surface area contributed by atoms with Gasteiger partial charge in [0.2, 0.25) is 0 Å². The molecule has 6 nitrogen and oxygen atoms in total. The van der Waals surface area contributed by atoms with Crippen molar-refractivity contribution in [2.75, 3.05) is 12.4 Å². The number of halogens is 1. The molecule has 1 aromatic heterocycles. The van der Waals surface area contributed by atoms with Crippen LogP contribution in [0.25, 0.3) is 10.9 Å². The van der Waals surface area contributed by atoms with E-state index in [0.717, 1.165) is 0 Å². The number of nitrogens with one attached hydrogen (secondary N) is 3. The fraction of sp³-hybridized carbons (Fsp3) is 0.0556. The molecular weight excluding hydrogens is 325 g/mol. The number of carbonyl (C=O) groups excluding carboxylic acids is 2. The highest BCUT2D eigenvalue weighted by Crippen LogP contribution is 2.17. The summed E-state index contributed by atoms with van der Waals surface area (Å²) in [6, 6.07) is 11.7. The van der Waals surface area contributed by atoms with Gasteiger partial charge in [-0.3, -0.25) is 14.4 Å². The summed E-state index contributed by atoms with van der Waals surface area (Å²) in [7, 11) is 1.48. The van der Waals surface area contributed by atoms with E-state index in [2.05, 4.69) is 15.6 Å². The standard InChI is InChI=1S/C18H14FN3O3/c1-20-16(23)12-4-2-3-5-14(12)21-17(24)13-8-10-6-7-11(19)9-15(10)22-18(13)25/h2-9H,1H3,(H,20,23)(H,21,24)(H,22,25). The fourth-order valence-corrected chi connectivity index (χ4v) is 2.46. The number of H-pyrrole nitrogens is 1. The van der Waals surface area contributed by atoms with Crippen LogP contribution < -0.4 is 16.2 Å². The zero-order valence-electron chi connectivity index (χ0n) is 13.2. The number of rotatable bonds is 3. The van der Waals surface area contributed by atoms with E-state index in [9.17, 15) is 18.8 Å². The average Bonchev–Trinajstić information content (AvgIpc) is 2.60. The third-order valence-corrected chi connectivity index (χ3v) is 3.70. The summed E-state index contributed by atoms with van der Waals surface area (Å²) in [5, 5.41) is 5.57. The lowest BCUT2D eigenvalue weighted by molar-refractivity contribution is 0.0964. The molecule has 25 heavy (non-hydrogen) atoms. The monoisotopic (exact) mass is 339 g/mol. The van der Waals surface area contributed by atoms with E-state index in [4.69, 9.17) is 0 Å². The molecule has 0 unspecified atom stereocenters. The molecule has 3 aromatic rings. The maximum absolute atomic E-state index is 13.2. The first-order valence-corrected chi connectivity index (χ1v) is 7.44. The van der Waals surface area contributed by atoms with Gasteiger partial charge in [-0.1, -0.05) is 12.1 Å². The van der Waals surface area contributed by atoms with Gasteiger partial charge in [0.15, 0.2) is 0 Å². The maximum Gasteiger partial charge on any atom is 0.261 e. The molecule has 1 heterocycles. The van der Waals surface area contributed by atoms with Gasteiger partial charge in [-0.15, -0.1) is 0 Å². The van der Waals surface area contributed by atoms with Gasteiger partial charge in [0.05, 0.1) is 16.8 Å². The molecule has 0 aliphatic carbocycles. The number of aromatic nitrogens is 1. The first kappa shape index (κ1) is 16.4. The van der Waals surface area contributed by atoms with Gasteiger partial charge in [-0.2, -0.15) is 0 Å². The summed E-state index contributed by atoms with van der Waals surface area (Å²) in [6.07, 6.45) is 0. The Bertz CT molecular complexity index is 1040. The molecule has 0 aliphatic rings. The van der Waals surface area contributed by atoms with Crippen LogP contribution in [0.2, 0.25) is 0 Å². The number of pyridine rings is 1. The molecule has 0 spiro atoms. The molecule has 3 rings (SSSR count). The van der Waals surface area contributed by atoms with Crippen LogP contribution in [0.15, 0.2) is 53.3 Å². The Hall–Kier alpha value is -3.48. The number of carbonyl (C=O) groups is 2. The third-order valence-electron chi connectivity index (χ3n) is 3.70. The summed E-state index contributed by atoms with van der Waals surface area (Å²) >= 11 is 0. The SMILES string of the molecule is CNC(=O)c1ccccc1NC(=O)c1cc2ccc(F)cc2[nH]c1=O. The lowest BCUT2D eigenvalue weighted by Crippen LogP contribution is -2.25. The smallest absolute Gasteiger partial charge is 0.261 e. The summed E-state index contributed by atoms with van der Waals surface area (Å²) < 4.78 is 13.2. The summed E-state index contributed by atoms with van der Waals surface area (Å²) in [5.74, 6) is -1.51. The predicted molar refractivity (Wildman–Crippen MR) is 92.3 cm³/mol. The Balaban J connectivity index is 1.99. The Morgan fingerprint density at radius 1 is 1.00 bits per heavy atom. The zero-order valence-corrected chi connectivity index (χ0v) is 13.2. The van der Waals surface area contributed by atoms with Crippen LogP contribution in [0.4, 0.5) is 10.1 Å². The second-order valence-electron chi connectivity index (χ2n) is 5.32. The maximum atomic E-state index is 13.2. The first-order chi connectivity index (χ1) is 12.0. The van der Waals surface area contributed by atoms with E-state index in [-0.39, 0.29) is 22.7 Å². The molecule has 3 N–H and O–H groups in total. The van der Waals surface area contributed by atoms with E-state index in [0.29, 0.717) is 10.9 Å². The summed E-state index contributed by atoms with van der Waals surface area (Å²) in [4.78, 5) is 38.9. The van der Waals surface area contributed by atoms with E-state index in [1.54, 1.807) is 24.3 Å². The van der Waals surface area contributed by atoms with Crippen molar-refractivity contribution in [2.24, 2.45) is 0 Å². The number of para-hydroxylation sites is 1. The molecule has 0 saturated heterocycles. The minimum absolute atomic E-state index is 0.134. The average molecular weight is 339 g/mol. The number of aromatic amines is 1. The van der Waals surface area contributed by atoms with E-state index in [1.165, 1.54) is 31.3 Å². The van der Waals surface area contributed by atoms with Crippen LogP contribution in [-0.4, -0.2) is 23.8 Å². The van der Waals surface area contributed by atoms with Gasteiger partial charge in [-0.25, -0.2) is 4.39 Å². The molecule has 0 saturated carbocycles. The summed E-state index contributed by atoms with van der Waals surface area (Å²) in [6.45, 7) is 0. The van der Waals surface area contributed by atoms with Gasteiger partial charge in [0, 0.05) is 7.05 Å². The van der Waals surface area contributed by atoms with Crippen molar-refractivity contribution in [2.45, 2.75) is 0 Å². The van der Waals surface area contributed by atoms with Crippen molar-refractivity contribution in [3.8, 4) is 0 Å². The molecule has 0 radical (unpaired) electrons. The highest BCUT2D eigenvalue weighted by Gasteiger charge is 2.16. The van der Waals surface area contributed by atoms with Crippen molar-refractivity contribution >= 4 is 28.4 Å². The van der Waals surface area contributed by atoms with Gasteiger partial charge >= 0.3 is 0 Å². The van der Waals surface area contributed by atoms with Crippen LogP contribution in [0.3, 0.4) is 0 Å². The van der Waals surface area contributed by atoms with Crippen molar-refractivity contribution < 1.29 is 14.0 Å².